The van der Waals surface area contributed by atoms with Gasteiger partial charge in [0.05, 0.1) is 0 Å². The minimum absolute atomic E-state index is 0.0201. The molecule has 0 bridgehead atoms. The summed E-state index contributed by atoms with van der Waals surface area (Å²) in [4.78, 5) is 26.3. The SMILES string of the molecule is CCCC[C@@](C)(OC)C(=O)Nc1ccc(OCC(=O)N2CCCC2)cc1. The van der Waals surface area contributed by atoms with E-state index in [2.05, 4.69) is 12.2 Å². The molecule has 0 unspecified atom stereocenters. The summed E-state index contributed by atoms with van der Waals surface area (Å²) in [7, 11) is 1.56. The highest BCUT2D eigenvalue weighted by Crippen LogP contribution is 2.22. The molecule has 1 aliphatic rings. The molecular weight excluding hydrogens is 332 g/mol. The Morgan fingerprint density at radius 3 is 2.42 bits per heavy atom. The molecule has 0 aromatic heterocycles. The van der Waals surface area contributed by atoms with Crippen LogP contribution >= 0.6 is 0 Å². The van der Waals surface area contributed by atoms with Gasteiger partial charge in [-0.2, -0.15) is 0 Å². The van der Waals surface area contributed by atoms with Crippen LogP contribution in [0.15, 0.2) is 24.3 Å². The summed E-state index contributed by atoms with van der Waals surface area (Å²) in [6, 6.07) is 7.04. The number of unbranched alkanes of at least 4 members (excludes halogenated alkanes) is 1. The van der Waals surface area contributed by atoms with Crippen molar-refractivity contribution >= 4 is 17.5 Å². The fourth-order valence-electron chi connectivity index (χ4n) is 2.92. The number of carbonyl (C=O) groups excluding carboxylic acids is 2. The number of rotatable bonds is 9. The number of nitrogens with one attached hydrogen (secondary N) is 1. The molecule has 1 atom stereocenters. The number of carbonyl (C=O) groups is 2. The predicted molar refractivity (Wildman–Crippen MR) is 101 cm³/mol. The minimum atomic E-state index is -0.840. The highest BCUT2D eigenvalue weighted by atomic mass is 16.5. The van der Waals surface area contributed by atoms with E-state index in [1.165, 1.54) is 0 Å². The molecule has 2 rings (SSSR count). The number of ether oxygens (including phenoxy) is 2. The Morgan fingerprint density at radius 1 is 1.19 bits per heavy atom. The Morgan fingerprint density at radius 2 is 1.85 bits per heavy atom. The van der Waals surface area contributed by atoms with Crippen LogP contribution in [0, 0.1) is 0 Å². The van der Waals surface area contributed by atoms with E-state index in [1.807, 2.05) is 4.90 Å². The number of hydrogen-bond acceptors (Lipinski definition) is 4. The Labute approximate surface area is 155 Å². The summed E-state index contributed by atoms with van der Waals surface area (Å²) >= 11 is 0. The Bertz CT molecular complexity index is 596. The summed E-state index contributed by atoms with van der Waals surface area (Å²) < 4.78 is 11.0. The summed E-state index contributed by atoms with van der Waals surface area (Å²) in [6.07, 6.45) is 4.74. The number of nitrogens with zero attached hydrogens (tertiary/aromatic N) is 1. The smallest absolute Gasteiger partial charge is 0.260 e. The molecule has 0 spiro atoms. The number of hydrogen-bond donors (Lipinski definition) is 1. The lowest BCUT2D eigenvalue weighted by Crippen LogP contribution is -2.41. The van der Waals surface area contributed by atoms with Crippen LogP contribution in [0.1, 0.15) is 46.0 Å². The molecule has 26 heavy (non-hydrogen) atoms. The van der Waals surface area contributed by atoms with Crippen LogP contribution in [0.25, 0.3) is 0 Å². The van der Waals surface area contributed by atoms with Gasteiger partial charge in [-0.15, -0.1) is 0 Å². The van der Waals surface area contributed by atoms with Gasteiger partial charge in [0.2, 0.25) is 0 Å². The largest absolute Gasteiger partial charge is 0.484 e. The molecule has 2 amide bonds. The maximum atomic E-state index is 12.5. The zero-order valence-corrected chi connectivity index (χ0v) is 16.0. The van der Waals surface area contributed by atoms with Crippen LogP contribution < -0.4 is 10.1 Å². The lowest BCUT2D eigenvalue weighted by Gasteiger charge is -2.26. The van der Waals surface area contributed by atoms with Crippen molar-refractivity contribution < 1.29 is 19.1 Å². The quantitative estimate of drug-likeness (QED) is 0.732. The lowest BCUT2D eigenvalue weighted by molar-refractivity contribution is -0.136. The first-order valence-corrected chi connectivity index (χ1v) is 9.36. The second-order valence-electron chi connectivity index (χ2n) is 6.89. The first-order valence-electron chi connectivity index (χ1n) is 9.36. The number of likely N-dealkylation sites (tertiary alicyclic amines) is 1. The van der Waals surface area contributed by atoms with Gasteiger partial charge in [-0.3, -0.25) is 9.59 Å². The van der Waals surface area contributed by atoms with Gasteiger partial charge in [-0.05, 0) is 50.5 Å². The maximum absolute atomic E-state index is 12.5. The Balaban J connectivity index is 1.86. The summed E-state index contributed by atoms with van der Waals surface area (Å²) in [5, 5.41) is 2.88. The van der Waals surface area contributed by atoms with Crippen LogP contribution in [-0.2, 0) is 14.3 Å². The highest BCUT2D eigenvalue weighted by Gasteiger charge is 2.32. The third-order valence-corrected chi connectivity index (χ3v) is 4.87. The molecule has 1 aromatic rings. The van der Waals surface area contributed by atoms with Gasteiger partial charge in [-0.1, -0.05) is 19.8 Å². The predicted octanol–water partition coefficient (Wildman–Crippen LogP) is 3.22. The van der Waals surface area contributed by atoms with Crippen LogP contribution in [0.3, 0.4) is 0 Å². The van der Waals surface area contributed by atoms with E-state index < -0.39 is 5.60 Å². The minimum Gasteiger partial charge on any atom is -0.484 e. The van der Waals surface area contributed by atoms with Crippen molar-refractivity contribution in [2.24, 2.45) is 0 Å². The first-order chi connectivity index (χ1) is 12.5. The molecule has 144 valence electrons. The summed E-state index contributed by atoms with van der Waals surface area (Å²) in [5.41, 5.74) is -0.166. The zero-order chi connectivity index (χ0) is 19.0. The Kier molecular flexibility index (Phi) is 7.45. The van der Waals surface area contributed by atoms with Crippen molar-refractivity contribution in [2.75, 3.05) is 32.1 Å². The topological polar surface area (TPSA) is 67.9 Å². The molecule has 1 aliphatic heterocycles. The molecule has 1 fully saturated rings. The van der Waals surface area contributed by atoms with Gasteiger partial charge in [0, 0.05) is 25.9 Å². The first kappa shape index (κ1) is 20.2. The molecule has 0 saturated carbocycles. The average molecular weight is 362 g/mol. The second-order valence-corrected chi connectivity index (χ2v) is 6.89. The fraction of sp³-hybridized carbons (Fsp3) is 0.600. The number of amides is 2. The van der Waals surface area contributed by atoms with Gasteiger partial charge >= 0.3 is 0 Å². The molecule has 1 N–H and O–H groups in total. The van der Waals surface area contributed by atoms with Gasteiger partial charge in [0.25, 0.3) is 11.8 Å². The van der Waals surface area contributed by atoms with Gasteiger partial charge in [-0.25, -0.2) is 0 Å². The molecule has 1 aromatic carbocycles. The zero-order valence-electron chi connectivity index (χ0n) is 16.0. The van der Waals surface area contributed by atoms with Crippen LogP contribution in [0.2, 0.25) is 0 Å². The van der Waals surface area contributed by atoms with Crippen molar-refractivity contribution in [3.8, 4) is 5.75 Å². The van der Waals surface area contributed by atoms with Crippen LogP contribution in [0.4, 0.5) is 5.69 Å². The molecule has 1 saturated heterocycles. The van der Waals surface area contributed by atoms with Crippen molar-refractivity contribution in [1.29, 1.82) is 0 Å². The number of anilines is 1. The third kappa shape index (κ3) is 5.46. The summed E-state index contributed by atoms with van der Waals surface area (Å²) in [5.74, 6) is 0.467. The maximum Gasteiger partial charge on any atom is 0.260 e. The van der Waals surface area contributed by atoms with Crippen LogP contribution in [0.5, 0.6) is 5.75 Å². The standard InChI is InChI=1S/C20H30N2O4/c1-4-5-12-20(2,25-3)19(24)21-16-8-10-17(11-9-16)26-15-18(23)22-13-6-7-14-22/h8-11H,4-7,12-15H2,1-3H3,(H,21,24)/t20-/m1/s1. The molecule has 0 aliphatic carbocycles. The second kappa shape index (κ2) is 9.57. The van der Waals surface area contributed by atoms with Crippen molar-refractivity contribution in [3.63, 3.8) is 0 Å². The lowest BCUT2D eigenvalue weighted by atomic mass is 9.97. The van der Waals surface area contributed by atoms with Gasteiger partial charge in [0.15, 0.2) is 6.61 Å². The van der Waals surface area contributed by atoms with Crippen molar-refractivity contribution in [1.82, 2.24) is 4.90 Å². The number of methoxy groups -OCH3 is 1. The van der Waals surface area contributed by atoms with E-state index in [1.54, 1.807) is 38.3 Å². The molecular formula is C20H30N2O4. The van der Waals surface area contributed by atoms with E-state index in [0.29, 0.717) is 17.9 Å². The normalized spacial score (nSPS) is 16.2. The van der Waals surface area contributed by atoms with E-state index in [4.69, 9.17) is 9.47 Å². The molecule has 6 heteroatoms. The van der Waals surface area contributed by atoms with Gasteiger partial charge < -0.3 is 19.7 Å². The Hall–Kier alpha value is -2.08. The summed E-state index contributed by atoms with van der Waals surface area (Å²) in [6.45, 7) is 5.58. The third-order valence-electron chi connectivity index (χ3n) is 4.87. The van der Waals surface area contributed by atoms with E-state index in [-0.39, 0.29) is 18.4 Å². The highest BCUT2D eigenvalue weighted by molar-refractivity contribution is 5.97. The van der Waals surface area contributed by atoms with E-state index >= 15 is 0 Å². The molecule has 6 nitrogen and oxygen atoms in total. The molecule has 1 heterocycles. The van der Waals surface area contributed by atoms with Gasteiger partial charge in [0.1, 0.15) is 11.4 Å². The molecule has 0 radical (unpaired) electrons. The van der Waals surface area contributed by atoms with Crippen LogP contribution in [-0.4, -0.2) is 49.1 Å². The monoisotopic (exact) mass is 362 g/mol. The number of benzene rings is 1. The van der Waals surface area contributed by atoms with E-state index in [9.17, 15) is 9.59 Å². The van der Waals surface area contributed by atoms with Crippen molar-refractivity contribution in [3.05, 3.63) is 24.3 Å². The van der Waals surface area contributed by atoms with Crippen molar-refractivity contribution in [2.45, 2.75) is 51.6 Å². The van der Waals surface area contributed by atoms with E-state index in [0.717, 1.165) is 38.8 Å². The fourth-order valence-corrected chi connectivity index (χ4v) is 2.92. The average Bonchev–Trinajstić information content (AvgIpc) is 3.20.